The summed E-state index contributed by atoms with van der Waals surface area (Å²) in [4.78, 5) is 12.3. The first-order valence-electron chi connectivity index (χ1n) is 11.5. The highest BCUT2D eigenvalue weighted by Crippen LogP contribution is 2.40. The molecule has 0 radical (unpaired) electrons. The lowest BCUT2D eigenvalue weighted by molar-refractivity contribution is 0.0724. The normalized spacial score (nSPS) is 19.0. The van der Waals surface area contributed by atoms with E-state index in [1.807, 2.05) is 18.2 Å². The summed E-state index contributed by atoms with van der Waals surface area (Å²) in [6.07, 6.45) is 4.68. The van der Waals surface area contributed by atoms with Crippen LogP contribution in [0.1, 0.15) is 72.3 Å². The van der Waals surface area contributed by atoms with E-state index in [9.17, 15) is 22.4 Å². The van der Waals surface area contributed by atoms with Crippen LogP contribution in [0.15, 0.2) is 60.7 Å². The van der Waals surface area contributed by atoms with Crippen LogP contribution >= 0.6 is 0 Å². The molecule has 4 rings (SSSR count). The molecule has 6 heteroatoms. The van der Waals surface area contributed by atoms with E-state index in [2.05, 4.69) is 19.1 Å². The molecule has 178 valence electrons. The molecule has 1 aliphatic rings. The Morgan fingerprint density at radius 1 is 0.853 bits per heavy atom. The van der Waals surface area contributed by atoms with Crippen molar-refractivity contribution in [3.8, 4) is 5.75 Å². The van der Waals surface area contributed by atoms with Gasteiger partial charge in [0.25, 0.3) is 0 Å². The van der Waals surface area contributed by atoms with Gasteiger partial charge in [-0.05, 0) is 85.3 Å². The minimum Gasteiger partial charge on any atom is -0.423 e. The molecular weight excluding hydrogens is 444 g/mol. The fourth-order valence-electron chi connectivity index (χ4n) is 4.87. The molecule has 3 aromatic rings. The summed E-state index contributed by atoms with van der Waals surface area (Å²) in [5, 5.41) is 0. The summed E-state index contributed by atoms with van der Waals surface area (Å²) < 4.78 is 60.6. The molecule has 0 saturated heterocycles. The van der Waals surface area contributed by atoms with E-state index in [0.29, 0.717) is 23.5 Å². The Balaban J connectivity index is 1.39. The molecule has 1 aliphatic carbocycles. The summed E-state index contributed by atoms with van der Waals surface area (Å²) in [5.41, 5.74) is 0.993. The predicted molar refractivity (Wildman–Crippen MR) is 122 cm³/mol. The van der Waals surface area contributed by atoms with Crippen molar-refractivity contribution in [2.75, 3.05) is 0 Å². The maximum absolute atomic E-state index is 14.7. The highest BCUT2D eigenvalue weighted by atomic mass is 19.2. The van der Waals surface area contributed by atoms with Gasteiger partial charge in [-0.25, -0.2) is 22.4 Å². The molecule has 2 nitrogen and oxygen atoms in total. The predicted octanol–water partition coefficient (Wildman–Crippen LogP) is 7.93. The monoisotopic (exact) mass is 470 g/mol. The largest absolute Gasteiger partial charge is 0.423 e. The minimum absolute atomic E-state index is 0.0172. The topological polar surface area (TPSA) is 26.3 Å². The van der Waals surface area contributed by atoms with Gasteiger partial charge < -0.3 is 4.74 Å². The quantitative estimate of drug-likeness (QED) is 0.208. The van der Waals surface area contributed by atoms with Crippen molar-refractivity contribution in [1.29, 1.82) is 0 Å². The molecule has 1 fully saturated rings. The molecule has 0 N–H and O–H groups in total. The van der Waals surface area contributed by atoms with Gasteiger partial charge in [0.05, 0.1) is 0 Å². The smallest absolute Gasteiger partial charge is 0.349 e. The van der Waals surface area contributed by atoms with Crippen molar-refractivity contribution in [3.63, 3.8) is 0 Å². The number of carbonyl (C=O) groups excluding carboxylic acids is 1. The Morgan fingerprint density at radius 2 is 1.50 bits per heavy atom. The minimum atomic E-state index is -1.30. The van der Waals surface area contributed by atoms with E-state index in [0.717, 1.165) is 44.2 Å². The zero-order chi connectivity index (χ0) is 24.2. The Labute approximate surface area is 196 Å². The number of esters is 1. The SMILES string of the molecule is CC(CC1CCC(c2cc(F)c(C(=O)Oc3ccc(F)c(F)c3)c(F)c2)CC1)c1ccccc1. The van der Waals surface area contributed by atoms with E-state index < -0.39 is 34.8 Å². The third kappa shape index (κ3) is 5.49. The van der Waals surface area contributed by atoms with Gasteiger partial charge in [-0.3, -0.25) is 0 Å². The van der Waals surface area contributed by atoms with Gasteiger partial charge in [-0.15, -0.1) is 0 Å². The van der Waals surface area contributed by atoms with Crippen molar-refractivity contribution in [1.82, 2.24) is 0 Å². The first-order chi connectivity index (χ1) is 16.3. The summed E-state index contributed by atoms with van der Waals surface area (Å²) in [7, 11) is 0. The van der Waals surface area contributed by atoms with Gasteiger partial charge in [0.1, 0.15) is 22.9 Å². The fraction of sp³-hybridized carbons (Fsp3) is 0.321. The van der Waals surface area contributed by atoms with Gasteiger partial charge in [0, 0.05) is 6.07 Å². The number of rotatable bonds is 6. The van der Waals surface area contributed by atoms with Crippen LogP contribution in [-0.4, -0.2) is 5.97 Å². The number of hydrogen-bond acceptors (Lipinski definition) is 2. The second kappa shape index (κ2) is 10.4. The van der Waals surface area contributed by atoms with Crippen molar-refractivity contribution in [3.05, 3.63) is 101 Å². The number of carbonyl (C=O) groups is 1. The molecule has 0 heterocycles. The second-order valence-corrected chi connectivity index (χ2v) is 9.09. The third-order valence-electron chi connectivity index (χ3n) is 6.74. The Bertz CT molecular complexity index is 1130. The highest BCUT2D eigenvalue weighted by Gasteiger charge is 2.27. The first-order valence-corrected chi connectivity index (χ1v) is 11.5. The molecule has 0 spiro atoms. The molecular formula is C28H26F4O2. The number of halogens is 4. The van der Waals surface area contributed by atoms with Crippen molar-refractivity contribution in [2.24, 2.45) is 5.92 Å². The van der Waals surface area contributed by atoms with E-state index in [1.54, 1.807) is 0 Å². The third-order valence-corrected chi connectivity index (χ3v) is 6.74. The summed E-state index contributed by atoms with van der Waals surface area (Å²) in [6.45, 7) is 2.23. The lowest BCUT2D eigenvalue weighted by Gasteiger charge is -2.30. The van der Waals surface area contributed by atoms with Crippen LogP contribution in [0.5, 0.6) is 5.75 Å². The Kier molecular flexibility index (Phi) is 7.35. The molecule has 0 bridgehead atoms. The van der Waals surface area contributed by atoms with Gasteiger partial charge in [0.2, 0.25) is 0 Å². The molecule has 1 saturated carbocycles. The maximum atomic E-state index is 14.7. The summed E-state index contributed by atoms with van der Waals surface area (Å²) >= 11 is 0. The van der Waals surface area contributed by atoms with Crippen LogP contribution in [-0.2, 0) is 0 Å². The number of hydrogen-bond donors (Lipinski definition) is 0. The van der Waals surface area contributed by atoms with Crippen LogP contribution in [0, 0.1) is 29.2 Å². The van der Waals surface area contributed by atoms with Crippen molar-refractivity contribution < 1.29 is 27.1 Å². The average molecular weight is 471 g/mol. The maximum Gasteiger partial charge on any atom is 0.349 e. The zero-order valence-corrected chi connectivity index (χ0v) is 18.9. The average Bonchev–Trinajstić information content (AvgIpc) is 2.82. The molecule has 0 amide bonds. The fourth-order valence-corrected chi connectivity index (χ4v) is 4.87. The molecule has 1 atom stereocenters. The standard InChI is InChI=1S/C28H26F4O2/c1-17(19-5-3-2-4-6-19)13-18-7-9-20(10-8-18)21-14-25(31)27(26(32)15-21)28(33)34-22-11-12-23(29)24(30)16-22/h2-6,11-12,14-18,20H,7-10,13H2,1H3. The van der Waals surface area contributed by atoms with Crippen LogP contribution in [0.3, 0.4) is 0 Å². The van der Waals surface area contributed by atoms with E-state index in [1.165, 1.54) is 17.7 Å². The van der Waals surface area contributed by atoms with E-state index in [4.69, 9.17) is 4.74 Å². The van der Waals surface area contributed by atoms with E-state index in [-0.39, 0.29) is 11.7 Å². The van der Waals surface area contributed by atoms with Crippen LogP contribution < -0.4 is 4.74 Å². The van der Waals surface area contributed by atoms with Crippen LogP contribution in [0.2, 0.25) is 0 Å². The molecule has 3 aromatic carbocycles. The Hall–Kier alpha value is -3.15. The zero-order valence-electron chi connectivity index (χ0n) is 18.9. The lowest BCUT2D eigenvalue weighted by Crippen LogP contribution is -2.17. The van der Waals surface area contributed by atoms with Gasteiger partial charge in [-0.1, -0.05) is 37.3 Å². The number of ether oxygens (including phenoxy) is 1. The van der Waals surface area contributed by atoms with Gasteiger partial charge >= 0.3 is 5.97 Å². The highest BCUT2D eigenvalue weighted by molar-refractivity contribution is 5.91. The molecule has 0 aromatic heterocycles. The summed E-state index contributed by atoms with van der Waals surface area (Å²) in [5.74, 6) is -5.00. The van der Waals surface area contributed by atoms with Crippen LogP contribution in [0.4, 0.5) is 17.6 Å². The van der Waals surface area contributed by atoms with Gasteiger partial charge in [-0.2, -0.15) is 0 Å². The van der Waals surface area contributed by atoms with Crippen molar-refractivity contribution in [2.45, 2.75) is 50.9 Å². The Morgan fingerprint density at radius 3 is 2.12 bits per heavy atom. The summed E-state index contributed by atoms with van der Waals surface area (Å²) in [6, 6.07) is 15.2. The second-order valence-electron chi connectivity index (χ2n) is 9.09. The van der Waals surface area contributed by atoms with Gasteiger partial charge in [0.15, 0.2) is 11.6 Å². The lowest BCUT2D eigenvalue weighted by atomic mass is 9.75. The number of benzene rings is 3. The molecule has 34 heavy (non-hydrogen) atoms. The van der Waals surface area contributed by atoms with Crippen molar-refractivity contribution >= 4 is 5.97 Å². The first kappa shape index (κ1) is 24.0. The van der Waals surface area contributed by atoms with Crippen LogP contribution in [0.25, 0.3) is 0 Å². The molecule has 1 unspecified atom stereocenters. The molecule has 0 aliphatic heterocycles. The van der Waals surface area contributed by atoms with E-state index >= 15 is 0 Å².